The predicted molar refractivity (Wildman–Crippen MR) is 60.6 cm³/mol. The second-order valence-corrected chi connectivity index (χ2v) is 4.51. The summed E-state index contributed by atoms with van der Waals surface area (Å²) in [5.74, 6) is 0.289. The van der Waals surface area contributed by atoms with Gasteiger partial charge in [-0.05, 0) is 32.2 Å². The third-order valence-electron chi connectivity index (χ3n) is 3.20. The fourth-order valence-electron chi connectivity index (χ4n) is 2.21. The summed E-state index contributed by atoms with van der Waals surface area (Å²) in [6.07, 6.45) is 7.56. The van der Waals surface area contributed by atoms with Crippen LogP contribution in [-0.4, -0.2) is 36.0 Å². The van der Waals surface area contributed by atoms with Gasteiger partial charge in [0.1, 0.15) is 0 Å². The molecule has 3 nitrogen and oxygen atoms in total. The molecule has 0 aromatic heterocycles. The number of hydrogen-bond donors (Lipinski definition) is 1. The first-order valence-electron chi connectivity index (χ1n) is 5.97. The molecule has 1 aliphatic heterocycles. The molecule has 3 heteroatoms. The van der Waals surface area contributed by atoms with E-state index in [1.54, 1.807) is 0 Å². The van der Waals surface area contributed by atoms with E-state index >= 15 is 0 Å². The molecule has 1 atom stereocenters. The van der Waals surface area contributed by atoms with Crippen LogP contribution in [0.1, 0.15) is 32.1 Å². The predicted octanol–water partition coefficient (Wildman–Crippen LogP) is 1.31. The van der Waals surface area contributed by atoms with Gasteiger partial charge in [-0.2, -0.15) is 0 Å². The van der Waals surface area contributed by atoms with Crippen molar-refractivity contribution < 1.29 is 4.79 Å². The number of carbonyl (C=O) groups excluding carboxylic acids is 1. The van der Waals surface area contributed by atoms with Crippen molar-refractivity contribution in [3.05, 3.63) is 12.7 Å². The molecule has 0 spiro atoms. The molecule has 1 aliphatic carbocycles. The zero-order valence-corrected chi connectivity index (χ0v) is 9.24. The van der Waals surface area contributed by atoms with Gasteiger partial charge in [-0.15, -0.1) is 6.58 Å². The maximum atomic E-state index is 12.2. The van der Waals surface area contributed by atoms with Crippen molar-refractivity contribution in [1.29, 1.82) is 0 Å². The molecule has 1 saturated heterocycles. The summed E-state index contributed by atoms with van der Waals surface area (Å²) < 4.78 is 0. The lowest BCUT2D eigenvalue weighted by molar-refractivity contribution is -0.134. The van der Waals surface area contributed by atoms with Gasteiger partial charge in [0.05, 0.1) is 6.04 Å². The van der Waals surface area contributed by atoms with Gasteiger partial charge in [-0.25, -0.2) is 0 Å². The fourth-order valence-corrected chi connectivity index (χ4v) is 2.21. The third-order valence-corrected chi connectivity index (χ3v) is 3.20. The largest absolute Gasteiger partial charge is 0.335 e. The Labute approximate surface area is 91.5 Å². The molecule has 2 aliphatic rings. The van der Waals surface area contributed by atoms with Gasteiger partial charge in [0.2, 0.25) is 5.91 Å². The van der Waals surface area contributed by atoms with Crippen LogP contribution < -0.4 is 5.32 Å². The Kier molecular flexibility index (Phi) is 3.41. The first kappa shape index (κ1) is 10.7. The summed E-state index contributed by atoms with van der Waals surface area (Å²) in [7, 11) is 0. The van der Waals surface area contributed by atoms with Crippen LogP contribution in [0, 0.1) is 0 Å². The van der Waals surface area contributed by atoms with E-state index in [-0.39, 0.29) is 11.9 Å². The Morgan fingerprint density at radius 1 is 1.40 bits per heavy atom. The molecule has 15 heavy (non-hydrogen) atoms. The highest BCUT2D eigenvalue weighted by Gasteiger charge is 2.35. The monoisotopic (exact) mass is 208 g/mol. The molecule has 2 fully saturated rings. The lowest BCUT2D eigenvalue weighted by Crippen LogP contribution is -2.49. The minimum absolute atomic E-state index is 0.0688. The molecule has 84 valence electrons. The standard InChI is InChI=1S/C12H20N2O/c1-2-9-14(10-6-7-10)12(15)11-5-3-4-8-13-11/h2,10-11,13H,1,3-9H2/t11-/m1/s1. The summed E-state index contributed by atoms with van der Waals surface area (Å²) in [4.78, 5) is 14.2. The van der Waals surface area contributed by atoms with Crippen molar-refractivity contribution in [3.8, 4) is 0 Å². The number of carbonyl (C=O) groups is 1. The van der Waals surface area contributed by atoms with Gasteiger partial charge >= 0.3 is 0 Å². The topological polar surface area (TPSA) is 32.3 Å². The van der Waals surface area contributed by atoms with Gasteiger partial charge in [-0.1, -0.05) is 12.5 Å². The minimum atomic E-state index is 0.0688. The Morgan fingerprint density at radius 3 is 2.73 bits per heavy atom. The quantitative estimate of drug-likeness (QED) is 0.706. The SMILES string of the molecule is C=CCN(C(=O)[C@H]1CCCCN1)C1CC1. The van der Waals surface area contributed by atoms with Crippen LogP contribution in [0.4, 0.5) is 0 Å². The molecule has 0 bridgehead atoms. The summed E-state index contributed by atoms with van der Waals surface area (Å²) in [6, 6.07) is 0.568. The molecule has 0 aromatic rings. The highest BCUT2D eigenvalue weighted by atomic mass is 16.2. The number of amides is 1. The lowest BCUT2D eigenvalue weighted by Gasteiger charge is -2.29. The Morgan fingerprint density at radius 2 is 2.20 bits per heavy atom. The fraction of sp³-hybridized carbons (Fsp3) is 0.750. The highest BCUT2D eigenvalue weighted by molar-refractivity contribution is 5.82. The van der Waals surface area contributed by atoms with Crippen LogP contribution in [0.15, 0.2) is 12.7 Å². The molecule has 1 N–H and O–H groups in total. The van der Waals surface area contributed by atoms with Crippen molar-refractivity contribution in [1.82, 2.24) is 10.2 Å². The molecule has 0 radical (unpaired) electrons. The second-order valence-electron chi connectivity index (χ2n) is 4.51. The Balaban J connectivity index is 1.93. The van der Waals surface area contributed by atoms with E-state index < -0.39 is 0 Å². The van der Waals surface area contributed by atoms with Gasteiger partial charge in [-0.3, -0.25) is 4.79 Å². The number of piperidine rings is 1. The number of rotatable bonds is 4. The second kappa shape index (κ2) is 4.79. The third kappa shape index (κ3) is 2.59. The van der Waals surface area contributed by atoms with Gasteiger partial charge in [0.25, 0.3) is 0 Å². The molecule has 1 amide bonds. The van der Waals surface area contributed by atoms with Crippen LogP contribution in [-0.2, 0) is 4.79 Å². The normalized spacial score (nSPS) is 26.0. The van der Waals surface area contributed by atoms with Crippen LogP contribution in [0.2, 0.25) is 0 Å². The van der Waals surface area contributed by atoms with Crippen LogP contribution in [0.25, 0.3) is 0 Å². The molecular formula is C12H20N2O. The number of nitrogens with zero attached hydrogens (tertiary/aromatic N) is 1. The average Bonchev–Trinajstić information content (AvgIpc) is 3.10. The average molecular weight is 208 g/mol. The van der Waals surface area contributed by atoms with Crippen molar-refractivity contribution in [3.63, 3.8) is 0 Å². The lowest BCUT2D eigenvalue weighted by atomic mass is 10.0. The van der Waals surface area contributed by atoms with Crippen molar-refractivity contribution in [2.75, 3.05) is 13.1 Å². The molecule has 1 heterocycles. The maximum absolute atomic E-state index is 12.2. The summed E-state index contributed by atoms with van der Waals surface area (Å²) in [5.41, 5.74) is 0. The molecular weight excluding hydrogens is 188 g/mol. The molecule has 1 saturated carbocycles. The van der Waals surface area contributed by atoms with Crippen LogP contribution >= 0.6 is 0 Å². The summed E-state index contributed by atoms with van der Waals surface area (Å²) >= 11 is 0. The first-order chi connectivity index (χ1) is 7.33. The van der Waals surface area contributed by atoms with Gasteiger partial charge in [0, 0.05) is 12.6 Å². The van der Waals surface area contributed by atoms with Crippen LogP contribution in [0.5, 0.6) is 0 Å². The zero-order chi connectivity index (χ0) is 10.7. The van der Waals surface area contributed by atoms with E-state index in [0.29, 0.717) is 12.6 Å². The van der Waals surface area contributed by atoms with Crippen LogP contribution in [0.3, 0.4) is 0 Å². The van der Waals surface area contributed by atoms with E-state index in [9.17, 15) is 4.79 Å². The van der Waals surface area contributed by atoms with E-state index in [1.807, 2.05) is 11.0 Å². The van der Waals surface area contributed by atoms with Gasteiger partial charge in [0.15, 0.2) is 0 Å². The Bertz CT molecular complexity index is 242. The first-order valence-corrected chi connectivity index (χ1v) is 5.97. The van der Waals surface area contributed by atoms with Crippen molar-refractivity contribution in [2.24, 2.45) is 0 Å². The van der Waals surface area contributed by atoms with Gasteiger partial charge < -0.3 is 10.2 Å². The zero-order valence-electron chi connectivity index (χ0n) is 9.24. The van der Waals surface area contributed by atoms with E-state index in [1.165, 1.54) is 25.7 Å². The van der Waals surface area contributed by atoms with E-state index in [0.717, 1.165) is 13.0 Å². The minimum Gasteiger partial charge on any atom is -0.335 e. The molecule has 2 rings (SSSR count). The highest BCUT2D eigenvalue weighted by Crippen LogP contribution is 2.28. The maximum Gasteiger partial charge on any atom is 0.240 e. The van der Waals surface area contributed by atoms with Crippen molar-refractivity contribution >= 4 is 5.91 Å². The van der Waals surface area contributed by atoms with E-state index in [2.05, 4.69) is 11.9 Å². The van der Waals surface area contributed by atoms with Crippen molar-refractivity contribution in [2.45, 2.75) is 44.2 Å². The number of nitrogens with one attached hydrogen (secondary N) is 1. The summed E-state index contributed by atoms with van der Waals surface area (Å²) in [6.45, 7) is 5.42. The Hall–Kier alpha value is -0.830. The molecule has 0 unspecified atom stereocenters. The summed E-state index contributed by atoms with van der Waals surface area (Å²) in [5, 5.41) is 3.31. The molecule has 0 aromatic carbocycles. The number of hydrogen-bond acceptors (Lipinski definition) is 2. The smallest absolute Gasteiger partial charge is 0.240 e. The van der Waals surface area contributed by atoms with E-state index in [4.69, 9.17) is 0 Å².